The van der Waals surface area contributed by atoms with Crippen LogP contribution in [-0.2, 0) is 6.42 Å². The van der Waals surface area contributed by atoms with E-state index in [4.69, 9.17) is 5.73 Å². The van der Waals surface area contributed by atoms with Crippen LogP contribution >= 0.6 is 0 Å². The summed E-state index contributed by atoms with van der Waals surface area (Å²) in [5.41, 5.74) is 9.14. The average molecular weight is 258 g/mol. The highest BCUT2D eigenvalue weighted by Gasteiger charge is 2.10. The fourth-order valence-electron chi connectivity index (χ4n) is 2.16. The molecule has 0 bridgehead atoms. The molecule has 1 atom stereocenters. The third-order valence-electron chi connectivity index (χ3n) is 3.11. The molecule has 2 rings (SSSR count). The molecule has 0 aliphatic carbocycles. The second-order valence-electron chi connectivity index (χ2n) is 4.85. The lowest BCUT2D eigenvalue weighted by atomic mass is 10.0. The third-order valence-corrected chi connectivity index (χ3v) is 3.11. The molecule has 0 saturated carbocycles. The Morgan fingerprint density at radius 3 is 2.37 bits per heavy atom. The second kappa shape index (κ2) is 5.85. The van der Waals surface area contributed by atoms with Gasteiger partial charge in [-0.2, -0.15) is 0 Å². The molecule has 2 N–H and O–H groups in total. The predicted octanol–water partition coefficient (Wildman–Crippen LogP) is 3.48. The number of nitrogens with two attached hydrogens (primary N) is 1. The first-order valence-electron chi connectivity index (χ1n) is 6.40. The van der Waals surface area contributed by atoms with E-state index in [-0.39, 0.29) is 11.9 Å². The Labute approximate surface area is 113 Å². The van der Waals surface area contributed by atoms with Crippen molar-refractivity contribution in [2.75, 3.05) is 11.9 Å². The van der Waals surface area contributed by atoms with Crippen molar-refractivity contribution in [2.45, 2.75) is 19.4 Å². The molecule has 0 saturated heterocycles. The number of para-hydroxylation sites is 1. The topological polar surface area (TPSA) is 29.3 Å². The van der Waals surface area contributed by atoms with Gasteiger partial charge in [0.1, 0.15) is 5.82 Å². The van der Waals surface area contributed by atoms with Crippen molar-refractivity contribution >= 4 is 11.4 Å². The van der Waals surface area contributed by atoms with Crippen molar-refractivity contribution < 1.29 is 4.39 Å². The summed E-state index contributed by atoms with van der Waals surface area (Å²) in [6.45, 7) is 1.99. The molecule has 0 aliphatic heterocycles. The Hall–Kier alpha value is -1.87. The van der Waals surface area contributed by atoms with Gasteiger partial charge in [0.2, 0.25) is 0 Å². The molecule has 0 fully saturated rings. The molecule has 2 aromatic rings. The van der Waals surface area contributed by atoms with Crippen LogP contribution in [-0.4, -0.2) is 13.1 Å². The zero-order valence-corrected chi connectivity index (χ0v) is 11.3. The number of benzene rings is 2. The lowest BCUT2D eigenvalue weighted by Gasteiger charge is -2.23. The SMILES string of the molecule is CC(N)Cc1ccccc1N(C)c1ccc(F)cc1. The normalized spacial score (nSPS) is 12.2. The molecule has 2 nitrogen and oxygen atoms in total. The molecular weight excluding hydrogens is 239 g/mol. The summed E-state index contributed by atoms with van der Waals surface area (Å²) in [6.07, 6.45) is 0.821. The van der Waals surface area contributed by atoms with Crippen molar-refractivity contribution in [3.63, 3.8) is 0 Å². The first-order valence-corrected chi connectivity index (χ1v) is 6.40. The maximum absolute atomic E-state index is 13.0. The minimum absolute atomic E-state index is 0.114. The molecule has 100 valence electrons. The number of anilines is 2. The molecule has 2 aromatic carbocycles. The van der Waals surface area contributed by atoms with Gasteiger partial charge in [0.05, 0.1) is 0 Å². The molecule has 0 spiro atoms. The Morgan fingerprint density at radius 1 is 1.11 bits per heavy atom. The smallest absolute Gasteiger partial charge is 0.123 e. The summed E-state index contributed by atoms with van der Waals surface area (Å²) in [5.74, 6) is -0.221. The summed E-state index contributed by atoms with van der Waals surface area (Å²) in [4.78, 5) is 2.05. The van der Waals surface area contributed by atoms with Crippen LogP contribution in [0.15, 0.2) is 48.5 Å². The number of hydrogen-bond donors (Lipinski definition) is 1. The van der Waals surface area contributed by atoms with Crippen LogP contribution in [0, 0.1) is 5.82 Å². The zero-order valence-electron chi connectivity index (χ0n) is 11.3. The molecule has 0 amide bonds. The quantitative estimate of drug-likeness (QED) is 0.909. The van der Waals surface area contributed by atoms with Gasteiger partial charge in [-0.05, 0) is 49.2 Å². The number of rotatable bonds is 4. The van der Waals surface area contributed by atoms with Gasteiger partial charge in [-0.25, -0.2) is 4.39 Å². The van der Waals surface area contributed by atoms with Gasteiger partial charge in [-0.3, -0.25) is 0 Å². The fourth-order valence-corrected chi connectivity index (χ4v) is 2.16. The fraction of sp³-hybridized carbons (Fsp3) is 0.250. The molecule has 1 unspecified atom stereocenters. The monoisotopic (exact) mass is 258 g/mol. The average Bonchev–Trinajstić information content (AvgIpc) is 2.39. The van der Waals surface area contributed by atoms with Crippen LogP contribution in [0.5, 0.6) is 0 Å². The minimum Gasteiger partial charge on any atom is -0.344 e. The molecule has 3 heteroatoms. The van der Waals surface area contributed by atoms with Crippen molar-refractivity contribution in [1.82, 2.24) is 0 Å². The molecule has 0 radical (unpaired) electrons. The Morgan fingerprint density at radius 2 is 1.74 bits per heavy atom. The number of nitrogens with zero attached hydrogens (tertiary/aromatic N) is 1. The first kappa shape index (κ1) is 13.6. The van der Waals surface area contributed by atoms with Gasteiger partial charge < -0.3 is 10.6 Å². The molecular formula is C16H19FN2. The van der Waals surface area contributed by atoms with E-state index in [2.05, 4.69) is 17.0 Å². The van der Waals surface area contributed by atoms with Gasteiger partial charge in [0, 0.05) is 24.5 Å². The van der Waals surface area contributed by atoms with E-state index in [0.29, 0.717) is 0 Å². The molecule has 0 heterocycles. The van der Waals surface area contributed by atoms with Gasteiger partial charge >= 0.3 is 0 Å². The maximum atomic E-state index is 13.0. The van der Waals surface area contributed by atoms with Crippen molar-refractivity contribution in [3.05, 3.63) is 59.9 Å². The predicted molar refractivity (Wildman–Crippen MR) is 78.3 cm³/mol. The van der Waals surface area contributed by atoms with E-state index in [1.807, 2.05) is 26.1 Å². The summed E-state index contributed by atoms with van der Waals surface area (Å²) < 4.78 is 13.0. The van der Waals surface area contributed by atoms with E-state index in [9.17, 15) is 4.39 Å². The Kier molecular flexibility index (Phi) is 4.17. The van der Waals surface area contributed by atoms with E-state index >= 15 is 0 Å². The lowest BCUT2D eigenvalue weighted by molar-refractivity contribution is 0.628. The van der Waals surface area contributed by atoms with Crippen molar-refractivity contribution in [2.24, 2.45) is 5.73 Å². The molecule has 0 aromatic heterocycles. The largest absolute Gasteiger partial charge is 0.344 e. The Balaban J connectivity index is 2.32. The van der Waals surface area contributed by atoms with Crippen LogP contribution in [0.25, 0.3) is 0 Å². The summed E-state index contributed by atoms with van der Waals surface area (Å²) in [5, 5.41) is 0. The number of hydrogen-bond acceptors (Lipinski definition) is 2. The Bertz CT molecular complexity index is 535. The van der Waals surface area contributed by atoms with Crippen LogP contribution in [0.3, 0.4) is 0 Å². The summed E-state index contributed by atoms with van der Waals surface area (Å²) in [7, 11) is 1.98. The highest BCUT2D eigenvalue weighted by Crippen LogP contribution is 2.27. The minimum atomic E-state index is -0.221. The highest BCUT2D eigenvalue weighted by molar-refractivity contribution is 5.65. The standard InChI is InChI=1S/C16H19FN2/c1-12(18)11-13-5-3-4-6-16(13)19(2)15-9-7-14(17)8-10-15/h3-10,12H,11,18H2,1-2H3. The van der Waals surface area contributed by atoms with E-state index < -0.39 is 0 Å². The highest BCUT2D eigenvalue weighted by atomic mass is 19.1. The van der Waals surface area contributed by atoms with Gasteiger partial charge in [0.25, 0.3) is 0 Å². The van der Waals surface area contributed by atoms with E-state index in [0.717, 1.165) is 17.8 Å². The lowest BCUT2D eigenvalue weighted by Crippen LogP contribution is -2.20. The van der Waals surface area contributed by atoms with Gasteiger partial charge in [-0.1, -0.05) is 18.2 Å². The second-order valence-corrected chi connectivity index (χ2v) is 4.85. The van der Waals surface area contributed by atoms with Crippen LogP contribution in [0.2, 0.25) is 0 Å². The first-order chi connectivity index (χ1) is 9.08. The molecule has 0 aliphatic rings. The summed E-state index contributed by atoms with van der Waals surface area (Å²) >= 11 is 0. The van der Waals surface area contributed by atoms with E-state index in [1.54, 1.807) is 12.1 Å². The third kappa shape index (κ3) is 3.32. The molecule has 19 heavy (non-hydrogen) atoms. The number of halogens is 1. The van der Waals surface area contributed by atoms with Gasteiger partial charge in [-0.15, -0.1) is 0 Å². The van der Waals surface area contributed by atoms with Crippen LogP contribution in [0.4, 0.5) is 15.8 Å². The summed E-state index contributed by atoms with van der Waals surface area (Å²) in [6, 6.07) is 14.8. The van der Waals surface area contributed by atoms with Crippen molar-refractivity contribution in [1.29, 1.82) is 0 Å². The van der Waals surface area contributed by atoms with E-state index in [1.165, 1.54) is 17.7 Å². The van der Waals surface area contributed by atoms with Crippen LogP contribution < -0.4 is 10.6 Å². The van der Waals surface area contributed by atoms with Crippen molar-refractivity contribution in [3.8, 4) is 0 Å². The maximum Gasteiger partial charge on any atom is 0.123 e. The van der Waals surface area contributed by atoms with Crippen LogP contribution in [0.1, 0.15) is 12.5 Å². The van der Waals surface area contributed by atoms with Gasteiger partial charge in [0.15, 0.2) is 0 Å². The zero-order chi connectivity index (χ0) is 13.8.